The van der Waals surface area contributed by atoms with E-state index in [2.05, 4.69) is 0 Å². The molecule has 1 aromatic rings. The molecule has 0 spiro atoms. The predicted octanol–water partition coefficient (Wildman–Crippen LogP) is 1.64. The minimum Gasteiger partial charge on any atom is -0.346 e. The molecule has 0 unspecified atom stereocenters. The molecule has 1 heterocycles. The summed E-state index contributed by atoms with van der Waals surface area (Å²) in [6, 6.07) is 3.65. The smallest absolute Gasteiger partial charge is 0.256 e. The molecule has 0 bridgehead atoms. The van der Waals surface area contributed by atoms with Gasteiger partial charge in [-0.2, -0.15) is 0 Å². The lowest BCUT2D eigenvalue weighted by Crippen LogP contribution is -2.10. The molecule has 0 aliphatic carbocycles. The lowest BCUT2D eigenvalue weighted by Gasteiger charge is -2.07. The van der Waals surface area contributed by atoms with E-state index in [1.165, 1.54) is 0 Å². The summed E-state index contributed by atoms with van der Waals surface area (Å²) in [7, 11) is 0. The van der Waals surface area contributed by atoms with Gasteiger partial charge in [0.2, 0.25) is 0 Å². The zero-order valence-electron chi connectivity index (χ0n) is 7.42. The van der Waals surface area contributed by atoms with E-state index in [1.807, 2.05) is 6.07 Å². The van der Waals surface area contributed by atoms with Crippen LogP contribution in [0.5, 0.6) is 0 Å². The van der Waals surface area contributed by atoms with E-state index in [1.54, 1.807) is 16.8 Å². The zero-order valence-corrected chi connectivity index (χ0v) is 7.42. The van der Waals surface area contributed by atoms with Crippen LogP contribution in [0.1, 0.15) is 12.1 Å². The zero-order chi connectivity index (χ0) is 9.68. The Balaban J connectivity index is 2.55. The van der Waals surface area contributed by atoms with Crippen molar-refractivity contribution in [3.05, 3.63) is 24.0 Å². The molecule has 0 saturated heterocycles. The van der Waals surface area contributed by atoms with Crippen molar-refractivity contribution < 1.29 is 8.78 Å². The highest BCUT2D eigenvalue weighted by Crippen LogP contribution is 2.08. The Morgan fingerprint density at radius 3 is 2.85 bits per heavy atom. The number of hydrogen-bond donors (Lipinski definition) is 1. The van der Waals surface area contributed by atoms with Gasteiger partial charge in [-0.1, -0.05) is 0 Å². The summed E-state index contributed by atoms with van der Waals surface area (Å²) in [4.78, 5) is 0. The van der Waals surface area contributed by atoms with Crippen molar-refractivity contribution in [3.8, 4) is 0 Å². The summed E-state index contributed by atoms with van der Waals surface area (Å²) >= 11 is 0. The molecule has 13 heavy (non-hydrogen) atoms. The summed E-state index contributed by atoms with van der Waals surface area (Å²) < 4.78 is 25.7. The highest BCUT2D eigenvalue weighted by Gasteiger charge is 2.06. The van der Waals surface area contributed by atoms with Crippen LogP contribution in [0.3, 0.4) is 0 Å². The van der Waals surface area contributed by atoms with Crippen molar-refractivity contribution in [3.63, 3.8) is 0 Å². The van der Waals surface area contributed by atoms with Crippen molar-refractivity contribution in [1.82, 2.24) is 4.57 Å². The Hall–Kier alpha value is -0.900. The standard InChI is InChI=1S/C9H14F2N2/c10-9(11)7-13-6-2-4-8(13)3-1-5-12/h2,4,6,9H,1,3,5,7,12H2. The lowest BCUT2D eigenvalue weighted by atomic mass is 10.2. The maximum atomic E-state index is 12.1. The predicted molar refractivity (Wildman–Crippen MR) is 47.8 cm³/mol. The topological polar surface area (TPSA) is 30.9 Å². The van der Waals surface area contributed by atoms with Gasteiger partial charge in [0.05, 0.1) is 6.54 Å². The fraction of sp³-hybridized carbons (Fsp3) is 0.556. The first kappa shape index (κ1) is 10.2. The van der Waals surface area contributed by atoms with E-state index in [4.69, 9.17) is 5.73 Å². The Bertz CT molecular complexity index is 246. The molecular weight excluding hydrogens is 174 g/mol. The Labute approximate surface area is 76.3 Å². The molecule has 0 aromatic carbocycles. The van der Waals surface area contributed by atoms with E-state index in [0.29, 0.717) is 6.54 Å². The summed E-state index contributed by atoms with van der Waals surface area (Å²) in [5, 5.41) is 0. The van der Waals surface area contributed by atoms with Gasteiger partial charge in [-0.15, -0.1) is 0 Å². The quantitative estimate of drug-likeness (QED) is 0.748. The van der Waals surface area contributed by atoms with Crippen molar-refractivity contribution in [1.29, 1.82) is 0 Å². The second-order valence-corrected chi connectivity index (χ2v) is 2.94. The molecule has 0 fully saturated rings. The van der Waals surface area contributed by atoms with Gasteiger partial charge in [0, 0.05) is 11.9 Å². The van der Waals surface area contributed by atoms with E-state index >= 15 is 0 Å². The van der Waals surface area contributed by atoms with Crippen LogP contribution in [0.4, 0.5) is 8.78 Å². The monoisotopic (exact) mass is 188 g/mol. The van der Waals surface area contributed by atoms with Crippen LogP contribution in [0.15, 0.2) is 18.3 Å². The maximum absolute atomic E-state index is 12.1. The normalized spacial score (nSPS) is 11.1. The minimum atomic E-state index is -2.29. The van der Waals surface area contributed by atoms with Gasteiger partial charge in [0.25, 0.3) is 6.43 Å². The van der Waals surface area contributed by atoms with E-state index in [-0.39, 0.29) is 6.54 Å². The molecule has 0 amide bonds. The van der Waals surface area contributed by atoms with Gasteiger partial charge in [-0.05, 0) is 31.5 Å². The van der Waals surface area contributed by atoms with E-state index < -0.39 is 6.43 Å². The number of hydrogen-bond acceptors (Lipinski definition) is 1. The molecule has 1 rings (SSSR count). The van der Waals surface area contributed by atoms with Crippen molar-refractivity contribution >= 4 is 0 Å². The number of halogens is 2. The summed E-state index contributed by atoms with van der Waals surface area (Å²) in [5.74, 6) is 0. The van der Waals surface area contributed by atoms with Gasteiger partial charge in [0.1, 0.15) is 0 Å². The molecular formula is C9H14F2N2. The molecule has 0 aliphatic heterocycles. The molecule has 4 heteroatoms. The fourth-order valence-corrected chi connectivity index (χ4v) is 1.29. The molecule has 0 aliphatic rings. The second kappa shape index (κ2) is 4.97. The lowest BCUT2D eigenvalue weighted by molar-refractivity contribution is 0.125. The van der Waals surface area contributed by atoms with Crippen molar-refractivity contribution in [2.75, 3.05) is 6.54 Å². The number of alkyl halides is 2. The molecule has 1 aromatic heterocycles. The third-order valence-corrected chi connectivity index (χ3v) is 1.90. The Kier molecular flexibility index (Phi) is 3.89. The largest absolute Gasteiger partial charge is 0.346 e. The van der Waals surface area contributed by atoms with Crippen LogP contribution in [-0.2, 0) is 13.0 Å². The Morgan fingerprint density at radius 2 is 2.23 bits per heavy atom. The number of aryl methyl sites for hydroxylation is 1. The van der Waals surface area contributed by atoms with Crippen LogP contribution in [-0.4, -0.2) is 17.5 Å². The maximum Gasteiger partial charge on any atom is 0.256 e. The van der Waals surface area contributed by atoms with Crippen LogP contribution in [0.25, 0.3) is 0 Å². The SMILES string of the molecule is NCCCc1cccn1CC(F)F. The molecule has 2 N–H and O–H groups in total. The molecule has 0 saturated carbocycles. The third kappa shape index (κ3) is 3.14. The van der Waals surface area contributed by atoms with Gasteiger partial charge < -0.3 is 10.3 Å². The number of nitrogens with zero attached hydrogens (tertiary/aromatic N) is 1. The third-order valence-electron chi connectivity index (χ3n) is 1.90. The summed E-state index contributed by atoms with van der Waals surface area (Å²) in [6.07, 6.45) is 1.01. The van der Waals surface area contributed by atoms with Crippen molar-refractivity contribution in [2.24, 2.45) is 5.73 Å². The number of nitrogens with two attached hydrogens (primary N) is 1. The van der Waals surface area contributed by atoms with E-state index in [9.17, 15) is 8.78 Å². The molecule has 74 valence electrons. The molecule has 2 nitrogen and oxygen atoms in total. The first-order valence-electron chi connectivity index (χ1n) is 4.36. The summed E-state index contributed by atoms with van der Waals surface area (Å²) in [5.41, 5.74) is 6.27. The molecule has 0 radical (unpaired) electrons. The fourth-order valence-electron chi connectivity index (χ4n) is 1.29. The second-order valence-electron chi connectivity index (χ2n) is 2.94. The van der Waals surface area contributed by atoms with E-state index in [0.717, 1.165) is 18.5 Å². The highest BCUT2D eigenvalue weighted by molar-refractivity contribution is 5.07. The first-order chi connectivity index (χ1) is 6.24. The first-order valence-corrected chi connectivity index (χ1v) is 4.36. The van der Waals surface area contributed by atoms with Crippen LogP contribution in [0.2, 0.25) is 0 Å². The van der Waals surface area contributed by atoms with Crippen molar-refractivity contribution in [2.45, 2.75) is 25.8 Å². The Morgan fingerprint density at radius 1 is 1.46 bits per heavy atom. The van der Waals surface area contributed by atoms with Crippen LogP contribution < -0.4 is 5.73 Å². The minimum absolute atomic E-state index is 0.215. The van der Waals surface area contributed by atoms with Crippen LogP contribution >= 0.6 is 0 Å². The average Bonchev–Trinajstić information content (AvgIpc) is 2.48. The highest BCUT2D eigenvalue weighted by atomic mass is 19.3. The summed E-state index contributed by atoms with van der Waals surface area (Å²) in [6.45, 7) is 0.382. The van der Waals surface area contributed by atoms with Gasteiger partial charge >= 0.3 is 0 Å². The van der Waals surface area contributed by atoms with Crippen LogP contribution in [0, 0.1) is 0 Å². The average molecular weight is 188 g/mol. The van der Waals surface area contributed by atoms with Gasteiger partial charge in [0.15, 0.2) is 0 Å². The molecule has 0 atom stereocenters. The number of rotatable bonds is 5. The van der Waals surface area contributed by atoms with Gasteiger partial charge in [-0.25, -0.2) is 8.78 Å². The number of aromatic nitrogens is 1. The van der Waals surface area contributed by atoms with Gasteiger partial charge in [-0.3, -0.25) is 0 Å².